The van der Waals surface area contributed by atoms with Gasteiger partial charge in [0.25, 0.3) is 0 Å². The lowest BCUT2D eigenvalue weighted by atomic mass is 10.1. The number of hydrogen-bond acceptors (Lipinski definition) is 3. The van der Waals surface area contributed by atoms with Gasteiger partial charge in [0.1, 0.15) is 11.9 Å². The van der Waals surface area contributed by atoms with Gasteiger partial charge in [-0.05, 0) is 31.2 Å². The molecule has 1 heterocycles. The van der Waals surface area contributed by atoms with Gasteiger partial charge in [0.05, 0.1) is 13.0 Å². The lowest BCUT2D eigenvalue weighted by Crippen LogP contribution is -2.58. The van der Waals surface area contributed by atoms with Gasteiger partial charge < -0.3 is 5.11 Å². The highest BCUT2D eigenvalue weighted by atomic mass is 19.1. The Bertz CT molecular complexity index is 599. The molecule has 0 spiro atoms. The summed E-state index contributed by atoms with van der Waals surface area (Å²) in [6.07, 6.45) is 0.0380. The average molecular weight is 308 g/mol. The zero-order chi connectivity index (χ0) is 16.3. The Morgan fingerprint density at radius 3 is 2.36 bits per heavy atom. The molecule has 1 aromatic carbocycles. The van der Waals surface area contributed by atoms with Crippen LogP contribution in [0.4, 0.5) is 9.18 Å². The minimum Gasteiger partial charge on any atom is -0.435 e. The number of ketones is 1. The van der Waals surface area contributed by atoms with Crippen molar-refractivity contribution in [2.24, 2.45) is 0 Å². The van der Waals surface area contributed by atoms with Crippen molar-refractivity contribution >= 4 is 17.8 Å². The fraction of sp³-hybridized carbons (Fsp3) is 0.438. The van der Waals surface area contributed by atoms with Crippen molar-refractivity contribution in [3.8, 4) is 0 Å². The van der Waals surface area contributed by atoms with Gasteiger partial charge in [0.15, 0.2) is 5.78 Å². The van der Waals surface area contributed by atoms with Gasteiger partial charge in [-0.3, -0.25) is 4.79 Å². The molecule has 1 saturated heterocycles. The van der Waals surface area contributed by atoms with Crippen molar-refractivity contribution in [1.29, 1.82) is 0 Å². The van der Waals surface area contributed by atoms with Gasteiger partial charge in [-0.25, -0.2) is 9.18 Å². The number of Topliss-reactive ketones (excluding diaryl/α,β-unsaturated/α-hetero) is 1. The van der Waals surface area contributed by atoms with E-state index in [2.05, 4.69) is 0 Å². The third-order valence-electron chi connectivity index (χ3n) is 4.40. The molecule has 2 rings (SSSR count). The molecule has 0 radical (unpaired) electrons. The zero-order valence-electron chi connectivity index (χ0n) is 12.4. The van der Waals surface area contributed by atoms with Gasteiger partial charge in [-0.2, -0.15) is 9.28 Å². The van der Waals surface area contributed by atoms with E-state index in [0.29, 0.717) is 18.4 Å². The normalized spacial score (nSPS) is 24.2. The van der Waals surface area contributed by atoms with Gasteiger partial charge in [-0.15, -0.1) is 0 Å². The van der Waals surface area contributed by atoms with Crippen LogP contribution in [0, 0.1) is 5.82 Å². The lowest BCUT2D eigenvalue weighted by Gasteiger charge is -2.29. The number of nitrogens with zero attached hydrogens (tertiary/aromatic N) is 1. The first-order valence-corrected chi connectivity index (χ1v) is 7.31. The number of likely N-dealkylation sites (tertiary alicyclic amines) is 1. The first kappa shape index (κ1) is 16.3. The van der Waals surface area contributed by atoms with E-state index < -0.39 is 22.3 Å². The predicted molar refractivity (Wildman–Crippen MR) is 76.8 cm³/mol. The Morgan fingerprint density at radius 1 is 1.23 bits per heavy atom. The van der Waals surface area contributed by atoms with E-state index in [-0.39, 0.29) is 31.2 Å². The molecule has 1 aliphatic rings. The molecule has 2 atom stereocenters. The highest BCUT2D eigenvalue weighted by Gasteiger charge is 2.52. The fourth-order valence-corrected chi connectivity index (χ4v) is 3.04. The topological polar surface area (TPSA) is 71.4 Å². The van der Waals surface area contributed by atoms with Crippen LogP contribution in [0.1, 0.15) is 43.0 Å². The molecule has 0 saturated carbocycles. The maximum atomic E-state index is 12.8. The van der Waals surface area contributed by atoms with E-state index in [4.69, 9.17) is 0 Å². The molecule has 1 aliphatic heterocycles. The minimum atomic E-state index is -1.15. The lowest BCUT2D eigenvalue weighted by molar-refractivity contribution is -0.792. The summed E-state index contributed by atoms with van der Waals surface area (Å²) in [4.78, 5) is 35.9. The van der Waals surface area contributed by atoms with E-state index in [0.717, 1.165) is 0 Å². The quantitative estimate of drug-likeness (QED) is 0.685. The van der Waals surface area contributed by atoms with Crippen LogP contribution >= 0.6 is 0 Å². The molecule has 6 heteroatoms. The first-order valence-electron chi connectivity index (χ1n) is 7.31. The van der Waals surface area contributed by atoms with Crippen molar-refractivity contribution in [2.75, 3.05) is 6.54 Å². The van der Waals surface area contributed by atoms with E-state index in [1.165, 1.54) is 24.3 Å². The molecule has 1 fully saturated rings. The number of carboxylic acid groups (broad SMARTS) is 1. The van der Waals surface area contributed by atoms with Crippen LogP contribution in [-0.2, 0) is 4.79 Å². The number of halogens is 1. The van der Waals surface area contributed by atoms with Crippen molar-refractivity contribution < 1.29 is 28.4 Å². The maximum absolute atomic E-state index is 12.8. The molecule has 1 unspecified atom stereocenters. The van der Waals surface area contributed by atoms with E-state index >= 15 is 0 Å². The number of hydrogen-bond donors (Lipinski definition) is 1. The molecule has 1 N–H and O–H groups in total. The summed E-state index contributed by atoms with van der Waals surface area (Å²) in [5.74, 6) is -1.16. The number of rotatable bonds is 4. The second-order valence-corrected chi connectivity index (χ2v) is 5.69. The van der Waals surface area contributed by atoms with Crippen molar-refractivity contribution in [3.63, 3.8) is 0 Å². The van der Waals surface area contributed by atoms with Gasteiger partial charge >= 0.3 is 12.0 Å². The summed E-state index contributed by atoms with van der Waals surface area (Å²) < 4.78 is 12.2. The number of quaternary nitrogens is 1. The third-order valence-corrected chi connectivity index (χ3v) is 4.40. The van der Waals surface area contributed by atoms with Gasteiger partial charge in [-0.1, -0.05) is 0 Å². The zero-order valence-corrected chi connectivity index (χ0v) is 12.4. The number of carbonyl (C=O) groups is 3. The van der Waals surface area contributed by atoms with Crippen molar-refractivity contribution in [2.45, 2.75) is 38.6 Å². The Labute approximate surface area is 127 Å². The molecular formula is C16H19FNO4+. The average Bonchev–Trinajstić information content (AvgIpc) is 2.88. The van der Waals surface area contributed by atoms with Crippen LogP contribution in [0.25, 0.3) is 0 Å². The molecule has 0 bridgehead atoms. The standard InChI is InChI=1S/C16H18FNO4/c1-11-3-2-10-18(11,16(21)22)15(20)9-8-14(19)12-4-6-13(17)7-5-12/h4-7,11H,2-3,8-10H2,1H3/p+1/t11-,18?/m1/s1. The Kier molecular flexibility index (Phi) is 4.71. The molecule has 1 aromatic rings. The number of imide groups is 1. The molecule has 5 nitrogen and oxygen atoms in total. The Morgan fingerprint density at radius 2 is 1.86 bits per heavy atom. The Hall–Kier alpha value is -2.08. The van der Waals surface area contributed by atoms with E-state index in [9.17, 15) is 23.9 Å². The molecule has 0 aliphatic carbocycles. The summed E-state index contributed by atoms with van der Waals surface area (Å²) >= 11 is 0. The van der Waals surface area contributed by atoms with Crippen molar-refractivity contribution in [1.82, 2.24) is 0 Å². The Balaban J connectivity index is 2.04. The number of carbonyl (C=O) groups excluding carboxylic acids is 2. The summed E-state index contributed by atoms with van der Waals surface area (Å²) in [5.41, 5.74) is 0.325. The van der Waals surface area contributed by atoms with Crippen molar-refractivity contribution in [3.05, 3.63) is 35.6 Å². The summed E-state index contributed by atoms with van der Waals surface area (Å²) in [6.45, 7) is 2.03. The van der Waals surface area contributed by atoms with Crippen LogP contribution in [0.15, 0.2) is 24.3 Å². The second-order valence-electron chi connectivity index (χ2n) is 5.69. The molecule has 118 valence electrons. The van der Waals surface area contributed by atoms with Crippen LogP contribution in [-0.4, -0.2) is 40.0 Å². The van der Waals surface area contributed by atoms with Crippen LogP contribution in [0.5, 0.6) is 0 Å². The maximum Gasteiger partial charge on any atom is 0.521 e. The van der Waals surface area contributed by atoms with Crippen LogP contribution in [0.3, 0.4) is 0 Å². The van der Waals surface area contributed by atoms with Gasteiger partial charge in [0.2, 0.25) is 0 Å². The third kappa shape index (κ3) is 2.92. The van der Waals surface area contributed by atoms with E-state index in [1.807, 2.05) is 0 Å². The summed E-state index contributed by atoms with van der Waals surface area (Å²) in [7, 11) is 0. The largest absolute Gasteiger partial charge is 0.521 e. The van der Waals surface area contributed by atoms with Gasteiger partial charge in [0, 0.05) is 24.8 Å². The van der Waals surface area contributed by atoms with E-state index in [1.54, 1.807) is 6.92 Å². The molecular weight excluding hydrogens is 289 g/mol. The van der Waals surface area contributed by atoms with Crippen LogP contribution in [0.2, 0.25) is 0 Å². The number of amides is 2. The minimum absolute atomic E-state index is 0.0650. The summed E-state index contributed by atoms with van der Waals surface area (Å²) in [5, 5.41) is 9.44. The first-order chi connectivity index (χ1) is 10.4. The predicted octanol–water partition coefficient (Wildman–Crippen LogP) is 2.99. The molecule has 0 aromatic heterocycles. The smallest absolute Gasteiger partial charge is 0.435 e. The van der Waals surface area contributed by atoms with Crippen LogP contribution < -0.4 is 0 Å². The summed E-state index contributed by atoms with van der Waals surface area (Å²) in [6, 6.07) is 4.82. The SMILES string of the molecule is C[C@@H]1CCC[N+]1(C(=O)O)C(=O)CCC(=O)c1ccc(F)cc1. The molecule has 22 heavy (non-hydrogen) atoms. The second kappa shape index (κ2) is 6.36. The highest BCUT2D eigenvalue weighted by Crippen LogP contribution is 2.29. The highest BCUT2D eigenvalue weighted by molar-refractivity contribution is 5.97. The monoisotopic (exact) mass is 308 g/mol. The number of benzene rings is 1. The molecule has 2 amide bonds. The fourth-order valence-electron chi connectivity index (χ4n) is 3.04.